The number of guanidine groups is 1. The number of alkyl halides is 2. The van der Waals surface area contributed by atoms with E-state index in [1.165, 1.54) is 0 Å². The zero-order valence-electron chi connectivity index (χ0n) is 15.6. The van der Waals surface area contributed by atoms with Gasteiger partial charge in [-0.1, -0.05) is 12.1 Å². The Morgan fingerprint density at radius 1 is 1.26 bits per heavy atom. The van der Waals surface area contributed by atoms with Gasteiger partial charge in [-0.25, -0.2) is 0 Å². The maximum Gasteiger partial charge on any atom is 0.387 e. The highest BCUT2D eigenvalue weighted by atomic mass is 19.3. The van der Waals surface area contributed by atoms with Gasteiger partial charge in [0.2, 0.25) is 5.91 Å². The molecule has 1 fully saturated rings. The molecule has 0 unspecified atom stereocenters. The topological polar surface area (TPSA) is 84.0 Å². The van der Waals surface area contributed by atoms with E-state index < -0.39 is 6.61 Å². The van der Waals surface area contributed by atoms with Gasteiger partial charge in [-0.3, -0.25) is 9.79 Å². The van der Waals surface area contributed by atoms with Crippen molar-refractivity contribution in [2.45, 2.75) is 32.9 Å². The summed E-state index contributed by atoms with van der Waals surface area (Å²) >= 11 is 0. The Morgan fingerprint density at radius 3 is 2.63 bits per heavy atom. The zero-order chi connectivity index (χ0) is 19.6. The SMILES string of the molecule is CCOc1cccc(CNC(=NC)NCCNC(=O)C2CC2)c1OC(F)F. The van der Waals surface area contributed by atoms with Crippen LogP contribution in [0.15, 0.2) is 23.2 Å². The average molecular weight is 384 g/mol. The van der Waals surface area contributed by atoms with Gasteiger partial charge in [-0.05, 0) is 25.8 Å². The minimum atomic E-state index is -2.95. The zero-order valence-corrected chi connectivity index (χ0v) is 15.6. The molecule has 0 bridgehead atoms. The van der Waals surface area contributed by atoms with E-state index in [2.05, 4.69) is 25.7 Å². The molecule has 1 aromatic rings. The first-order valence-corrected chi connectivity index (χ1v) is 8.96. The number of nitrogens with zero attached hydrogens (tertiary/aromatic N) is 1. The summed E-state index contributed by atoms with van der Waals surface area (Å²) in [6.45, 7) is 0.360. The number of aliphatic imine (C=N–C) groups is 1. The van der Waals surface area contributed by atoms with Crippen LogP contribution in [0.4, 0.5) is 8.78 Å². The van der Waals surface area contributed by atoms with Crippen LogP contribution in [0.2, 0.25) is 0 Å². The fourth-order valence-electron chi connectivity index (χ4n) is 2.45. The van der Waals surface area contributed by atoms with Crippen LogP contribution in [0, 0.1) is 5.92 Å². The summed E-state index contributed by atoms with van der Waals surface area (Å²) in [4.78, 5) is 15.6. The molecule has 3 N–H and O–H groups in total. The molecule has 2 rings (SSSR count). The van der Waals surface area contributed by atoms with Crippen LogP contribution in [0.1, 0.15) is 25.3 Å². The first-order chi connectivity index (χ1) is 13.0. The molecule has 0 heterocycles. The van der Waals surface area contributed by atoms with Crippen molar-refractivity contribution in [3.8, 4) is 11.5 Å². The predicted octanol–water partition coefficient (Wildman–Crippen LogP) is 1.88. The third-order valence-electron chi connectivity index (χ3n) is 3.90. The van der Waals surface area contributed by atoms with Crippen LogP contribution >= 0.6 is 0 Å². The summed E-state index contributed by atoms with van der Waals surface area (Å²) in [5.74, 6) is 1.02. The fourth-order valence-corrected chi connectivity index (χ4v) is 2.45. The lowest BCUT2D eigenvalue weighted by atomic mass is 10.2. The smallest absolute Gasteiger partial charge is 0.387 e. The van der Waals surface area contributed by atoms with Gasteiger partial charge in [0, 0.05) is 38.2 Å². The first kappa shape index (κ1) is 20.7. The second kappa shape index (κ2) is 10.5. The number of amides is 1. The number of carbonyl (C=O) groups excluding carboxylic acids is 1. The summed E-state index contributed by atoms with van der Waals surface area (Å²) in [5.41, 5.74) is 0.520. The van der Waals surface area contributed by atoms with E-state index in [1.807, 2.05) is 0 Å². The van der Waals surface area contributed by atoms with E-state index >= 15 is 0 Å². The molecule has 1 aromatic carbocycles. The number of para-hydroxylation sites is 1. The summed E-state index contributed by atoms with van der Waals surface area (Å²) in [6, 6.07) is 4.97. The average Bonchev–Trinajstić information content (AvgIpc) is 3.48. The number of rotatable bonds is 10. The van der Waals surface area contributed by atoms with Crippen molar-refractivity contribution in [2.75, 3.05) is 26.7 Å². The highest BCUT2D eigenvalue weighted by Gasteiger charge is 2.28. The molecule has 0 aliphatic heterocycles. The molecule has 0 aromatic heterocycles. The second-order valence-electron chi connectivity index (χ2n) is 5.97. The Hall–Kier alpha value is -2.58. The highest BCUT2D eigenvalue weighted by Crippen LogP contribution is 2.32. The molecule has 27 heavy (non-hydrogen) atoms. The standard InChI is InChI=1S/C18H26F2N4O3/c1-3-26-14-6-4-5-13(15(14)27-17(19)20)11-24-18(21-2)23-10-9-22-16(25)12-7-8-12/h4-6,12,17H,3,7-11H2,1-2H3,(H,22,25)(H2,21,23,24). The largest absolute Gasteiger partial charge is 0.490 e. The minimum Gasteiger partial charge on any atom is -0.490 e. The third kappa shape index (κ3) is 6.92. The molecule has 150 valence electrons. The number of halogens is 2. The minimum absolute atomic E-state index is 0.00833. The van der Waals surface area contributed by atoms with E-state index in [0.29, 0.717) is 31.2 Å². The maximum atomic E-state index is 12.7. The number of hydrogen-bond acceptors (Lipinski definition) is 4. The second-order valence-corrected chi connectivity index (χ2v) is 5.97. The molecule has 0 saturated heterocycles. The lowest BCUT2D eigenvalue weighted by Gasteiger charge is -2.17. The highest BCUT2D eigenvalue weighted by molar-refractivity contribution is 5.81. The van der Waals surface area contributed by atoms with E-state index in [-0.39, 0.29) is 29.9 Å². The summed E-state index contributed by atoms with van der Waals surface area (Å²) in [6.07, 6.45) is 1.93. The Balaban J connectivity index is 1.86. The van der Waals surface area contributed by atoms with Crippen LogP contribution in [0.25, 0.3) is 0 Å². The summed E-state index contributed by atoms with van der Waals surface area (Å²) < 4.78 is 35.5. The Bertz CT molecular complexity index is 651. The molecule has 7 nitrogen and oxygen atoms in total. The van der Waals surface area contributed by atoms with Crippen molar-refractivity contribution in [3.63, 3.8) is 0 Å². The number of benzene rings is 1. The van der Waals surface area contributed by atoms with Crippen LogP contribution in [-0.4, -0.2) is 45.2 Å². The van der Waals surface area contributed by atoms with Crippen molar-refractivity contribution in [1.29, 1.82) is 0 Å². The predicted molar refractivity (Wildman–Crippen MR) is 98.2 cm³/mol. The lowest BCUT2D eigenvalue weighted by molar-refractivity contribution is -0.122. The Labute approximate surface area is 157 Å². The van der Waals surface area contributed by atoms with Crippen molar-refractivity contribution in [1.82, 2.24) is 16.0 Å². The number of carbonyl (C=O) groups is 1. The summed E-state index contributed by atoms with van der Waals surface area (Å²) in [5, 5.41) is 8.94. The lowest BCUT2D eigenvalue weighted by Crippen LogP contribution is -2.41. The molecular formula is C18H26F2N4O3. The Kier molecular flexibility index (Phi) is 8.09. The molecule has 0 radical (unpaired) electrons. The molecule has 1 saturated carbocycles. The van der Waals surface area contributed by atoms with Gasteiger partial charge in [0.25, 0.3) is 0 Å². The fraction of sp³-hybridized carbons (Fsp3) is 0.556. The van der Waals surface area contributed by atoms with Crippen molar-refractivity contribution >= 4 is 11.9 Å². The van der Waals surface area contributed by atoms with Gasteiger partial charge < -0.3 is 25.4 Å². The first-order valence-electron chi connectivity index (χ1n) is 8.96. The van der Waals surface area contributed by atoms with E-state index in [1.54, 1.807) is 32.2 Å². The van der Waals surface area contributed by atoms with Crippen LogP contribution < -0.4 is 25.4 Å². The van der Waals surface area contributed by atoms with Gasteiger partial charge in [-0.15, -0.1) is 0 Å². The molecule has 1 amide bonds. The molecular weight excluding hydrogens is 358 g/mol. The van der Waals surface area contributed by atoms with Crippen LogP contribution in [0.5, 0.6) is 11.5 Å². The normalized spacial score (nSPS) is 14.0. The molecule has 1 aliphatic rings. The van der Waals surface area contributed by atoms with Gasteiger partial charge in [0.1, 0.15) is 0 Å². The van der Waals surface area contributed by atoms with E-state index in [9.17, 15) is 13.6 Å². The van der Waals surface area contributed by atoms with Crippen molar-refractivity contribution < 1.29 is 23.0 Å². The van der Waals surface area contributed by atoms with E-state index in [0.717, 1.165) is 12.8 Å². The number of nitrogens with one attached hydrogen (secondary N) is 3. The van der Waals surface area contributed by atoms with Crippen LogP contribution in [0.3, 0.4) is 0 Å². The van der Waals surface area contributed by atoms with Crippen LogP contribution in [-0.2, 0) is 11.3 Å². The van der Waals surface area contributed by atoms with Gasteiger partial charge in [-0.2, -0.15) is 8.78 Å². The maximum absolute atomic E-state index is 12.7. The van der Waals surface area contributed by atoms with Gasteiger partial charge in [0.15, 0.2) is 17.5 Å². The molecule has 1 aliphatic carbocycles. The summed E-state index contributed by atoms with van der Waals surface area (Å²) in [7, 11) is 1.60. The van der Waals surface area contributed by atoms with Gasteiger partial charge in [0.05, 0.1) is 6.61 Å². The molecule has 0 spiro atoms. The monoisotopic (exact) mass is 384 g/mol. The third-order valence-corrected chi connectivity index (χ3v) is 3.90. The van der Waals surface area contributed by atoms with Crippen molar-refractivity contribution in [2.24, 2.45) is 10.9 Å². The number of hydrogen-bond donors (Lipinski definition) is 3. The van der Waals surface area contributed by atoms with Gasteiger partial charge >= 0.3 is 6.61 Å². The van der Waals surface area contributed by atoms with E-state index in [4.69, 9.17) is 4.74 Å². The molecule has 0 atom stereocenters. The molecule has 9 heteroatoms. The Morgan fingerprint density at radius 2 is 2.00 bits per heavy atom. The van der Waals surface area contributed by atoms with Crippen molar-refractivity contribution in [3.05, 3.63) is 23.8 Å². The number of ether oxygens (including phenoxy) is 2. The quantitative estimate of drug-likeness (QED) is 0.326.